The number of nitrogens with zero attached hydrogens (tertiary/aromatic N) is 2. The summed E-state index contributed by atoms with van der Waals surface area (Å²) in [5.41, 5.74) is 4.61. The van der Waals surface area contributed by atoms with E-state index >= 15 is 0 Å². The summed E-state index contributed by atoms with van der Waals surface area (Å²) in [6, 6.07) is 0.762. The third-order valence-corrected chi connectivity index (χ3v) is 3.64. The number of carbonyl (C=O) groups is 1. The van der Waals surface area contributed by atoms with Crippen LogP contribution in [0, 0.1) is 21.7 Å². The smallest absolute Gasteiger partial charge is 0.285 e. The van der Waals surface area contributed by atoms with E-state index < -0.39 is 33.7 Å². The molecule has 2 N–H and O–H groups in total. The topological polar surface area (TPSA) is 89.5 Å². The van der Waals surface area contributed by atoms with E-state index in [1.54, 1.807) is 6.92 Å². The Kier molecular flexibility index (Phi) is 4.17. The molecule has 1 aromatic rings. The van der Waals surface area contributed by atoms with Gasteiger partial charge in [-0.05, 0) is 25.8 Å². The predicted octanol–water partition coefficient (Wildman–Crippen LogP) is 1.82. The largest absolute Gasteiger partial charge is 0.336 e. The fraction of sp³-hybridized carbons (Fsp3) is 0.462. The molecule has 1 amide bonds. The Balaban J connectivity index is 2.39. The number of nitrogens with two attached hydrogens (primary N) is 1. The fourth-order valence-electron chi connectivity index (χ4n) is 2.52. The highest BCUT2D eigenvalue weighted by Gasteiger charge is 2.32. The molecule has 2 rings (SSSR count). The average Bonchev–Trinajstić information content (AvgIpc) is 2.40. The molecule has 0 spiro atoms. The number of hydrogen-bond donors (Lipinski definition) is 1. The highest BCUT2D eigenvalue weighted by Crippen LogP contribution is 2.26. The monoisotopic (exact) mass is 299 g/mol. The molecule has 6 nitrogen and oxygen atoms in total. The molecule has 8 heteroatoms. The van der Waals surface area contributed by atoms with Gasteiger partial charge in [-0.25, -0.2) is 8.78 Å². The van der Waals surface area contributed by atoms with Gasteiger partial charge in [0.1, 0.15) is 5.56 Å². The standard InChI is InChI=1S/C13H15F2N3O3/c1-7-4-8(16)2-3-17(7)13(19)9-5-10(14)11(15)6-12(9)18(20)21/h5-8H,2-4,16H2,1H3. The Morgan fingerprint density at radius 3 is 2.62 bits per heavy atom. The first-order valence-corrected chi connectivity index (χ1v) is 6.51. The lowest BCUT2D eigenvalue weighted by Crippen LogP contribution is -2.48. The van der Waals surface area contributed by atoms with Crippen molar-refractivity contribution in [2.75, 3.05) is 6.54 Å². The van der Waals surface area contributed by atoms with Gasteiger partial charge < -0.3 is 10.6 Å². The first-order valence-electron chi connectivity index (χ1n) is 6.51. The van der Waals surface area contributed by atoms with Crippen LogP contribution in [0.1, 0.15) is 30.1 Å². The van der Waals surface area contributed by atoms with E-state index in [-0.39, 0.29) is 12.1 Å². The Morgan fingerprint density at radius 2 is 2.05 bits per heavy atom. The number of amides is 1. The van der Waals surface area contributed by atoms with Gasteiger partial charge in [0, 0.05) is 18.6 Å². The van der Waals surface area contributed by atoms with Crippen LogP contribution in [0.15, 0.2) is 12.1 Å². The van der Waals surface area contributed by atoms with Gasteiger partial charge in [0.05, 0.1) is 11.0 Å². The van der Waals surface area contributed by atoms with Crippen molar-refractivity contribution < 1.29 is 18.5 Å². The molecule has 0 bridgehead atoms. The van der Waals surface area contributed by atoms with Crippen molar-refractivity contribution in [1.82, 2.24) is 4.90 Å². The maximum absolute atomic E-state index is 13.3. The molecule has 1 aromatic carbocycles. The summed E-state index contributed by atoms with van der Waals surface area (Å²) in [4.78, 5) is 23.8. The average molecular weight is 299 g/mol. The molecular formula is C13H15F2N3O3. The second kappa shape index (κ2) is 5.72. The molecule has 1 heterocycles. The molecule has 0 radical (unpaired) electrons. The maximum atomic E-state index is 13.3. The van der Waals surface area contributed by atoms with Gasteiger partial charge in [-0.15, -0.1) is 0 Å². The maximum Gasteiger partial charge on any atom is 0.285 e. The Morgan fingerprint density at radius 1 is 1.43 bits per heavy atom. The SMILES string of the molecule is CC1CC(N)CCN1C(=O)c1cc(F)c(F)cc1[N+](=O)[O-]. The van der Waals surface area contributed by atoms with Crippen LogP contribution in [0.3, 0.4) is 0 Å². The van der Waals surface area contributed by atoms with Crippen LogP contribution in [0.2, 0.25) is 0 Å². The molecule has 0 aromatic heterocycles. The minimum Gasteiger partial charge on any atom is -0.336 e. The number of likely N-dealkylation sites (tertiary alicyclic amines) is 1. The summed E-state index contributed by atoms with van der Waals surface area (Å²) in [6.07, 6.45) is 1.12. The van der Waals surface area contributed by atoms with Gasteiger partial charge in [0.15, 0.2) is 11.6 Å². The van der Waals surface area contributed by atoms with Crippen LogP contribution in [-0.2, 0) is 0 Å². The van der Waals surface area contributed by atoms with Gasteiger partial charge in [-0.2, -0.15) is 0 Å². The van der Waals surface area contributed by atoms with Crippen LogP contribution in [0.5, 0.6) is 0 Å². The summed E-state index contributed by atoms with van der Waals surface area (Å²) in [6.45, 7) is 2.10. The Hall–Kier alpha value is -2.09. The van der Waals surface area contributed by atoms with Crippen LogP contribution >= 0.6 is 0 Å². The number of carbonyl (C=O) groups excluding carboxylic acids is 1. The number of nitro groups is 1. The highest BCUT2D eigenvalue weighted by molar-refractivity contribution is 5.98. The number of benzene rings is 1. The minimum absolute atomic E-state index is 0.0380. The first kappa shape index (κ1) is 15.3. The summed E-state index contributed by atoms with van der Waals surface area (Å²) in [5, 5.41) is 10.9. The van der Waals surface area contributed by atoms with E-state index in [1.807, 2.05) is 0 Å². The van der Waals surface area contributed by atoms with Crippen LogP contribution in [-0.4, -0.2) is 34.4 Å². The van der Waals surface area contributed by atoms with Crippen molar-refractivity contribution in [3.8, 4) is 0 Å². The number of piperidine rings is 1. The number of hydrogen-bond acceptors (Lipinski definition) is 4. The summed E-state index contributed by atoms with van der Waals surface area (Å²) < 4.78 is 26.5. The highest BCUT2D eigenvalue weighted by atomic mass is 19.2. The third kappa shape index (κ3) is 2.99. The summed E-state index contributed by atoms with van der Waals surface area (Å²) >= 11 is 0. The first-order chi connectivity index (χ1) is 9.81. The van der Waals surface area contributed by atoms with Gasteiger partial charge in [0.25, 0.3) is 11.6 Å². The molecule has 2 unspecified atom stereocenters. The van der Waals surface area contributed by atoms with E-state index in [0.29, 0.717) is 31.5 Å². The van der Waals surface area contributed by atoms with Crippen molar-refractivity contribution in [3.05, 3.63) is 39.4 Å². The van der Waals surface area contributed by atoms with Crippen LogP contribution in [0.25, 0.3) is 0 Å². The third-order valence-electron chi connectivity index (χ3n) is 3.64. The molecule has 1 fully saturated rings. The van der Waals surface area contributed by atoms with E-state index in [2.05, 4.69) is 0 Å². The van der Waals surface area contributed by atoms with E-state index in [9.17, 15) is 23.7 Å². The van der Waals surface area contributed by atoms with Crippen LogP contribution < -0.4 is 5.73 Å². The normalized spacial score (nSPS) is 22.2. The lowest BCUT2D eigenvalue weighted by molar-refractivity contribution is -0.385. The predicted molar refractivity (Wildman–Crippen MR) is 70.7 cm³/mol. The molecule has 21 heavy (non-hydrogen) atoms. The van der Waals surface area contributed by atoms with Gasteiger partial charge in [-0.1, -0.05) is 0 Å². The Labute approximate surface area is 119 Å². The van der Waals surface area contributed by atoms with Gasteiger partial charge >= 0.3 is 0 Å². The van der Waals surface area contributed by atoms with Crippen molar-refractivity contribution in [3.63, 3.8) is 0 Å². The molecule has 2 atom stereocenters. The van der Waals surface area contributed by atoms with Gasteiger partial charge in [0.2, 0.25) is 0 Å². The summed E-state index contributed by atoms with van der Waals surface area (Å²) in [7, 11) is 0. The van der Waals surface area contributed by atoms with E-state index in [4.69, 9.17) is 5.73 Å². The number of rotatable bonds is 2. The second-order valence-corrected chi connectivity index (χ2v) is 5.17. The molecule has 0 saturated carbocycles. The molecule has 1 aliphatic rings. The molecule has 114 valence electrons. The van der Waals surface area contributed by atoms with Gasteiger partial charge in [-0.3, -0.25) is 14.9 Å². The fourth-order valence-corrected chi connectivity index (χ4v) is 2.52. The molecular weight excluding hydrogens is 284 g/mol. The van der Waals surface area contributed by atoms with Crippen molar-refractivity contribution in [2.45, 2.75) is 31.8 Å². The van der Waals surface area contributed by atoms with E-state index in [1.165, 1.54) is 4.90 Å². The summed E-state index contributed by atoms with van der Waals surface area (Å²) in [5.74, 6) is -3.32. The number of halogens is 2. The Bertz CT molecular complexity index is 594. The molecule has 1 aliphatic heterocycles. The quantitative estimate of drug-likeness (QED) is 0.666. The van der Waals surface area contributed by atoms with Crippen LogP contribution in [0.4, 0.5) is 14.5 Å². The lowest BCUT2D eigenvalue weighted by atomic mass is 9.98. The second-order valence-electron chi connectivity index (χ2n) is 5.17. The zero-order valence-electron chi connectivity index (χ0n) is 11.4. The lowest BCUT2D eigenvalue weighted by Gasteiger charge is -2.36. The molecule has 0 aliphatic carbocycles. The zero-order valence-corrected chi connectivity index (χ0v) is 11.4. The van der Waals surface area contributed by atoms with Crippen molar-refractivity contribution in [1.29, 1.82) is 0 Å². The molecule has 1 saturated heterocycles. The van der Waals surface area contributed by atoms with Crippen molar-refractivity contribution in [2.24, 2.45) is 5.73 Å². The van der Waals surface area contributed by atoms with Crippen molar-refractivity contribution >= 4 is 11.6 Å². The minimum atomic E-state index is -1.35. The zero-order chi connectivity index (χ0) is 15.7. The van der Waals surface area contributed by atoms with E-state index in [0.717, 1.165) is 0 Å². The number of nitro benzene ring substituents is 1.